The lowest BCUT2D eigenvalue weighted by Gasteiger charge is -2.26. The van der Waals surface area contributed by atoms with Gasteiger partial charge < -0.3 is 15.5 Å². The van der Waals surface area contributed by atoms with Crippen molar-refractivity contribution in [2.45, 2.75) is 19.5 Å². The average molecular weight is 360 g/mol. The summed E-state index contributed by atoms with van der Waals surface area (Å²) < 4.78 is 28.3. The highest BCUT2D eigenvalue weighted by Gasteiger charge is 2.22. The van der Waals surface area contributed by atoms with Gasteiger partial charge in [-0.25, -0.2) is 8.78 Å². The Bertz CT molecular complexity index is 739. The summed E-state index contributed by atoms with van der Waals surface area (Å²) in [5.74, 6) is -0.517. The van der Waals surface area contributed by atoms with Crippen LogP contribution in [0.2, 0.25) is 0 Å². The number of nitrogens with one attached hydrogen (secondary N) is 2. The molecule has 6 heteroatoms. The predicted molar refractivity (Wildman–Crippen MR) is 102 cm³/mol. The molecule has 2 rings (SSSR count). The van der Waals surface area contributed by atoms with E-state index in [0.717, 1.165) is 5.56 Å². The van der Waals surface area contributed by atoms with Crippen molar-refractivity contribution < 1.29 is 8.78 Å². The second kappa shape index (κ2) is 9.29. The molecule has 2 aromatic carbocycles. The number of benzene rings is 2. The maximum atomic E-state index is 14.1. The van der Waals surface area contributed by atoms with Crippen molar-refractivity contribution >= 4 is 5.96 Å². The smallest absolute Gasteiger partial charge is 0.191 e. The van der Waals surface area contributed by atoms with Gasteiger partial charge >= 0.3 is 0 Å². The molecule has 0 aliphatic rings. The van der Waals surface area contributed by atoms with Crippen LogP contribution in [0, 0.1) is 18.6 Å². The lowest BCUT2D eigenvalue weighted by Crippen LogP contribution is -2.41. The first-order valence-corrected chi connectivity index (χ1v) is 8.52. The minimum absolute atomic E-state index is 0.0548. The van der Waals surface area contributed by atoms with Crippen LogP contribution in [0.15, 0.2) is 47.5 Å². The summed E-state index contributed by atoms with van der Waals surface area (Å²) in [7, 11) is 5.25. The van der Waals surface area contributed by atoms with Crippen molar-refractivity contribution in [2.24, 2.45) is 4.99 Å². The predicted octanol–water partition coefficient (Wildman–Crippen LogP) is 3.24. The summed E-state index contributed by atoms with van der Waals surface area (Å²) in [6.07, 6.45) is 0. The summed E-state index contributed by atoms with van der Waals surface area (Å²) in [5.41, 5.74) is 2.38. The zero-order valence-electron chi connectivity index (χ0n) is 15.7. The van der Waals surface area contributed by atoms with E-state index in [9.17, 15) is 8.78 Å². The number of hydrogen-bond donors (Lipinski definition) is 2. The topological polar surface area (TPSA) is 39.7 Å². The third kappa shape index (κ3) is 5.26. The largest absolute Gasteiger partial charge is 0.354 e. The van der Waals surface area contributed by atoms with Gasteiger partial charge in [0.2, 0.25) is 0 Å². The van der Waals surface area contributed by atoms with Crippen molar-refractivity contribution in [3.63, 3.8) is 0 Å². The van der Waals surface area contributed by atoms with Crippen LogP contribution in [-0.4, -0.2) is 38.5 Å². The molecule has 0 bridgehead atoms. The molecule has 140 valence electrons. The molecule has 1 unspecified atom stereocenters. The number of likely N-dealkylation sites (N-methyl/N-ethyl adjacent to an activating group) is 1. The zero-order valence-corrected chi connectivity index (χ0v) is 15.7. The van der Waals surface area contributed by atoms with Crippen LogP contribution in [0.1, 0.15) is 22.7 Å². The van der Waals surface area contributed by atoms with Gasteiger partial charge in [-0.05, 0) is 38.7 Å². The maximum absolute atomic E-state index is 14.1. The third-order valence-corrected chi connectivity index (χ3v) is 4.19. The van der Waals surface area contributed by atoms with Crippen molar-refractivity contribution in [1.82, 2.24) is 15.5 Å². The summed E-state index contributed by atoms with van der Waals surface area (Å²) in [6.45, 7) is 2.97. The van der Waals surface area contributed by atoms with E-state index in [1.807, 2.05) is 25.1 Å². The fourth-order valence-electron chi connectivity index (χ4n) is 2.79. The molecule has 0 aromatic heterocycles. The zero-order chi connectivity index (χ0) is 19.1. The Morgan fingerprint density at radius 2 is 1.73 bits per heavy atom. The maximum Gasteiger partial charge on any atom is 0.191 e. The summed E-state index contributed by atoms with van der Waals surface area (Å²) >= 11 is 0. The highest BCUT2D eigenvalue weighted by Crippen LogP contribution is 2.23. The van der Waals surface area contributed by atoms with Gasteiger partial charge in [-0.3, -0.25) is 4.99 Å². The first kappa shape index (κ1) is 19.8. The number of guanidine groups is 1. The molecule has 0 fully saturated rings. The van der Waals surface area contributed by atoms with Gasteiger partial charge in [-0.15, -0.1) is 0 Å². The van der Waals surface area contributed by atoms with Gasteiger partial charge in [0, 0.05) is 25.7 Å². The van der Waals surface area contributed by atoms with Gasteiger partial charge in [0.05, 0.1) is 6.04 Å². The monoisotopic (exact) mass is 360 g/mol. The fraction of sp³-hybridized carbons (Fsp3) is 0.350. The normalized spacial score (nSPS) is 13.0. The van der Waals surface area contributed by atoms with Gasteiger partial charge in [-0.1, -0.05) is 35.9 Å². The molecule has 2 aromatic rings. The molecule has 0 saturated heterocycles. The molecule has 4 nitrogen and oxygen atoms in total. The second-order valence-electron chi connectivity index (χ2n) is 6.41. The fourth-order valence-corrected chi connectivity index (χ4v) is 2.79. The summed E-state index contributed by atoms with van der Waals surface area (Å²) in [6, 6.07) is 11.6. The average Bonchev–Trinajstić information content (AvgIpc) is 2.59. The van der Waals surface area contributed by atoms with Crippen LogP contribution >= 0.6 is 0 Å². The minimum Gasteiger partial charge on any atom is -0.354 e. The first-order chi connectivity index (χ1) is 12.4. The van der Waals surface area contributed by atoms with Crippen LogP contribution in [0.3, 0.4) is 0 Å². The molecule has 1 atom stereocenters. The molecular formula is C20H26F2N4. The Hall–Kier alpha value is -2.47. The van der Waals surface area contributed by atoms with Crippen LogP contribution < -0.4 is 10.6 Å². The van der Waals surface area contributed by atoms with Crippen molar-refractivity contribution in [3.05, 3.63) is 70.8 Å². The van der Waals surface area contributed by atoms with Gasteiger partial charge in [-0.2, -0.15) is 0 Å². The first-order valence-electron chi connectivity index (χ1n) is 8.52. The van der Waals surface area contributed by atoms with E-state index >= 15 is 0 Å². The summed E-state index contributed by atoms with van der Waals surface area (Å²) in [5, 5.41) is 6.37. The Labute approximate surface area is 153 Å². The number of halogens is 2. The molecule has 0 radical (unpaired) electrons. The number of aryl methyl sites for hydroxylation is 1. The van der Waals surface area contributed by atoms with E-state index in [-0.39, 0.29) is 5.56 Å². The standard InChI is InChI=1S/C20H26F2N4/c1-14-7-5-8-15(11-14)12-24-20(23-2)25-13-18(26(3)4)19-16(21)9-6-10-17(19)22/h5-11,18H,12-13H2,1-4H3,(H2,23,24,25). The molecule has 2 N–H and O–H groups in total. The molecular weight excluding hydrogens is 334 g/mol. The number of nitrogens with zero attached hydrogens (tertiary/aromatic N) is 2. The molecule has 0 spiro atoms. The van der Waals surface area contributed by atoms with E-state index in [0.29, 0.717) is 19.0 Å². The van der Waals surface area contributed by atoms with Gasteiger partial charge in [0.15, 0.2) is 5.96 Å². The number of hydrogen-bond acceptors (Lipinski definition) is 2. The van der Waals surface area contributed by atoms with Crippen LogP contribution in [0.5, 0.6) is 0 Å². The van der Waals surface area contributed by atoms with Gasteiger partial charge in [0.1, 0.15) is 11.6 Å². The van der Waals surface area contributed by atoms with Crippen molar-refractivity contribution in [2.75, 3.05) is 27.7 Å². The van der Waals surface area contributed by atoms with Crippen LogP contribution in [-0.2, 0) is 6.54 Å². The van der Waals surface area contributed by atoms with E-state index in [1.165, 1.54) is 23.8 Å². The van der Waals surface area contributed by atoms with Crippen molar-refractivity contribution in [1.29, 1.82) is 0 Å². The Morgan fingerprint density at radius 1 is 1.08 bits per heavy atom. The van der Waals surface area contributed by atoms with Crippen LogP contribution in [0.25, 0.3) is 0 Å². The SMILES string of the molecule is CN=C(NCc1cccc(C)c1)NCC(c1c(F)cccc1F)N(C)C. The Morgan fingerprint density at radius 3 is 2.31 bits per heavy atom. The molecule has 26 heavy (non-hydrogen) atoms. The van der Waals surface area contributed by atoms with E-state index in [1.54, 1.807) is 26.0 Å². The lowest BCUT2D eigenvalue weighted by atomic mass is 10.0. The molecule has 0 saturated carbocycles. The summed E-state index contributed by atoms with van der Waals surface area (Å²) in [4.78, 5) is 5.96. The number of aliphatic imine (C=N–C) groups is 1. The second-order valence-corrected chi connectivity index (χ2v) is 6.41. The van der Waals surface area contributed by atoms with Gasteiger partial charge in [0.25, 0.3) is 0 Å². The minimum atomic E-state index is -0.548. The van der Waals surface area contributed by atoms with E-state index in [2.05, 4.69) is 21.7 Å². The van der Waals surface area contributed by atoms with E-state index < -0.39 is 17.7 Å². The molecule has 0 heterocycles. The lowest BCUT2D eigenvalue weighted by molar-refractivity contribution is 0.282. The quantitative estimate of drug-likeness (QED) is 0.614. The van der Waals surface area contributed by atoms with E-state index in [4.69, 9.17) is 0 Å². The highest BCUT2D eigenvalue weighted by atomic mass is 19.1. The van der Waals surface area contributed by atoms with Crippen molar-refractivity contribution in [3.8, 4) is 0 Å². The molecule has 0 amide bonds. The Kier molecular flexibility index (Phi) is 7.09. The third-order valence-electron chi connectivity index (χ3n) is 4.19. The molecule has 0 aliphatic heterocycles. The number of rotatable bonds is 6. The molecule has 0 aliphatic carbocycles. The highest BCUT2D eigenvalue weighted by molar-refractivity contribution is 5.79. The Balaban J connectivity index is 2.03. The van der Waals surface area contributed by atoms with Crippen LogP contribution in [0.4, 0.5) is 8.78 Å².